The first-order chi connectivity index (χ1) is 9.25. The molecule has 1 aliphatic carbocycles. The Kier molecular flexibility index (Phi) is 2.18. The average molecular weight is 309 g/mol. The van der Waals surface area contributed by atoms with Crippen LogP contribution in [0.4, 0.5) is 0 Å². The predicted molar refractivity (Wildman–Crippen MR) is 80.5 cm³/mol. The molecule has 0 radical (unpaired) electrons. The van der Waals surface area contributed by atoms with E-state index in [1.54, 1.807) is 0 Å². The molecule has 0 saturated carbocycles. The molecule has 3 aromatic rings. The number of benzene rings is 3. The van der Waals surface area contributed by atoms with Gasteiger partial charge in [-0.2, -0.15) is 0 Å². The summed E-state index contributed by atoms with van der Waals surface area (Å²) in [5.41, 5.74) is 3.65. The van der Waals surface area contributed by atoms with Crippen LogP contribution in [-0.2, 0) is 0 Å². The van der Waals surface area contributed by atoms with Crippen LogP contribution in [0.5, 0.6) is 0 Å². The van der Waals surface area contributed by atoms with Gasteiger partial charge in [0.05, 0.1) is 0 Å². The largest absolute Gasteiger partial charge is 0.289 e. The van der Waals surface area contributed by atoms with Gasteiger partial charge < -0.3 is 0 Å². The highest BCUT2D eigenvalue weighted by Crippen LogP contribution is 2.42. The van der Waals surface area contributed by atoms with Crippen molar-refractivity contribution in [3.05, 3.63) is 70.2 Å². The van der Waals surface area contributed by atoms with Crippen molar-refractivity contribution < 1.29 is 4.79 Å². The van der Waals surface area contributed by atoms with Gasteiger partial charge in [-0.3, -0.25) is 4.79 Å². The lowest BCUT2D eigenvalue weighted by atomic mass is 10.0. The van der Waals surface area contributed by atoms with Gasteiger partial charge in [-0.15, -0.1) is 0 Å². The summed E-state index contributed by atoms with van der Waals surface area (Å²) >= 11 is 3.56. The van der Waals surface area contributed by atoms with Crippen LogP contribution in [-0.4, -0.2) is 5.78 Å². The van der Waals surface area contributed by atoms with E-state index in [0.717, 1.165) is 37.5 Å². The Labute approximate surface area is 119 Å². The third kappa shape index (κ3) is 1.44. The first kappa shape index (κ1) is 10.9. The van der Waals surface area contributed by atoms with E-state index >= 15 is 0 Å². The minimum absolute atomic E-state index is 0.122. The molecule has 1 nitrogen and oxygen atoms in total. The molecule has 0 heterocycles. The highest BCUT2D eigenvalue weighted by Gasteiger charge is 2.28. The second kappa shape index (κ2) is 3.78. The average Bonchev–Trinajstić information content (AvgIpc) is 2.71. The summed E-state index contributed by atoms with van der Waals surface area (Å²) in [5, 5.41) is 2.27. The van der Waals surface area contributed by atoms with Crippen LogP contribution in [0.15, 0.2) is 59.1 Å². The molecule has 0 amide bonds. The minimum Gasteiger partial charge on any atom is -0.289 e. The summed E-state index contributed by atoms with van der Waals surface area (Å²) in [6.45, 7) is 0. The number of fused-ring (bicyclic) bond motifs is 4. The number of hydrogen-bond donors (Lipinski definition) is 0. The smallest absolute Gasteiger partial charge is 0.194 e. The van der Waals surface area contributed by atoms with Crippen molar-refractivity contribution in [2.24, 2.45) is 0 Å². The molecular weight excluding hydrogens is 300 g/mol. The van der Waals surface area contributed by atoms with E-state index in [9.17, 15) is 4.79 Å². The molecule has 0 atom stereocenters. The molecule has 19 heavy (non-hydrogen) atoms. The van der Waals surface area contributed by atoms with Crippen molar-refractivity contribution in [3.8, 4) is 11.1 Å². The van der Waals surface area contributed by atoms with Gasteiger partial charge in [0.1, 0.15) is 0 Å². The van der Waals surface area contributed by atoms with E-state index in [4.69, 9.17) is 0 Å². The lowest BCUT2D eigenvalue weighted by molar-refractivity contribution is 0.104. The summed E-state index contributed by atoms with van der Waals surface area (Å²) in [4.78, 5) is 12.5. The van der Waals surface area contributed by atoms with Crippen molar-refractivity contribution >= 4 is 32.5 Å². The van der Waals surface area contributed by atoms with E-state index < -0.39 is 0 Å². The Balaban J connectivity index is 2.15. The second-order valence-electron chi connectivity index (χ2n) is 4.74. The van der Waals surface area contributed by atoms with Crippen LogP contribution in [0.1, 0.15) is 15.9 Å². The fourth-order valence-electron chi connectivity index (χ4n) is 2.77. The van der Waals surface area contributed by atoms with Gasteiger partial charge in [-0.05, 0) is 34.5 Å². The van der Waals surface area contributed by atoms with Gasteiger partial charge in [0, 0.05) is 21.2 Å². The predicted octanol–water partition coefficient (Wildman–Crippen LogP) is 4.81. The number of hydrogen-bond acceptors (Lipinski definition) is 1. The normalized spacial score (nSPS) is 12.6. The van der Waals surface area contributed by atoms with E-state index in [-0.39, 0.29) is 5.78 Å². The molecule has 0 aliphatic heterocycles. The van der Waals surface area contributed by atoms with Gasteiger partial charge in [0.25, 0.3) is 0 Å². The highest BCUT2D eigenvalue weighted by molar-refractivity contribution is 9.10. The van der Waals surface area contributed by atoms with Gasteiger partial charge in [0.2, 0.25) is 0 Å². The fraction of sp³-hybridized carbons (Fsp3) is 0. The van der Waals surface area contributed by atoms with Crippen molar-refractivity contribution in [2.75, 3.05) is 0 Å². The monoisotopic (exact) mass is 308 g/mol. The van der Waals surface area contributed by atoms with E-state index in [1.165, 1.54) is 0 Å². The molecule has 2 heteroatoms. The van der Waals surface area contributed by atoms with Crippen molar-refractivity contribution in [3.63, 3.8) is 0 Å². The number of carbonyl (C=O) groups is 1. The van der Waals surface area contributed by atoms with Crippen LogP contribution >= 0.6 is 15.9 Å². The van der Waals surface area contributed by atoms with Crippen LogP contribution < -0.4 is 0 Å². The Bertz CT molecular complexity index is 849. The Morgan fingerprint density at radius 3 is 2.16 bits per heavy atom. The SMILES string of the molecule is O=C1c2cc3ccccc3cc2-c2c(Br)cccc21. The molecule has 0 N–H and O–H groups in total. The van der Waals surface area contributed by atoms with Gasteiger partial charge in [-0.1, -0.05) is 52.3 Å². The van der Waals surface area contributed by atoms with Crippen molar-refractivity contribution in [1.82, 2.24) is 0 Å². The topological polar surface area (TPSA) is 17.1 Å². The zero-order valence-electron chi connectivity index (χ0n) is 9.98. The molecule has 0 bridgehead atoms. The quantitative estimate of drug-likeness (QED) is 0.455. The highest BCUT2D eigenvalue weighted by atomic mass is 79.9. The van der Waals surface area contributed by atoms with Crippen LogP contribution in [0.3, 0.4) is 0 Å². The zero-order chi connectivity index (χ0) is 13.0. The maximum absolute atomic E-state index is 12.5. The second-order valence-corrected chi connectivity index (χ2v) is 5.59. The summed E-state index contributed by atoms with van der Waals surface area (Å²) in [5.74, 6) is 0.122. The Morgan fingerprint density at radius 1 is 0.737 bits per heavy atom. The standard InChI is InChI=1S/C17H9BrO/c18-15-7-3-6-12-16(15)13-8-10-4-1-2-5-11(10)9-14(13)17(12)19/h1-9H. The molecule has 0 spiro atoms. The lowest BCUT2D eigenvalue weighted by Gasteiger charge is -2.04. The number of carbonyl (C=O) groups excluding carboxylic acids is 1. The molecule has 90 valence electrons. The first-order valence-corrected chi connectivity index (χ1v) is 6.91. The Morgan fingerprint density at radius 2 is 1.42 bits per heavy atom. The molecule has 0 aromatic heterocycles. The van der Waals surface area contributed by atoms with Gasteiger partial charge in [-0.25, -0.2) is 0 Å². The summed E-state index contributed by atoms with van der Waals surface area (Å²) in [6, 6.07) is 18.0. The molecule has 4 rings (SSSR count). The molecular formula is C17H9BrO. The van der Waals surface area contributed by atoms with Crippen LogP contribution in [0, 0.1) is 0 Å². The molecule has 1 aliphatic rings. The first-order valence-electron chi connectivity index (χ1n) is 6.12. The molecule has 0 saturated heterocycles. The Hall–Kier alpha value is -1.93. The van der Waals surface area contributed by atoms with Gasteiger partial charge >= 0.3 is 0 Å². The zero-order valence-corrected chi connectivity index (χ0v) is 11.6. The number of halogens is 1. The van der Waals surface area contributed by atoms with Crippen molar-refractivity contribution in [2.45, 2.75) is 0 Å². The lowest BCUT2D eigenvalue weighted by Crippen LogP contribution is -1.94. The van der Waals surface area contributed by atoms with Crippen LogP contribution in [0.2, 0.25) is 0 Å². The maximum atomic E-state index is 12.5. The minimum atomic E-state index is 0.122. The maximum Gasteiger partial charge on any atom is 0.194 e. The number of rotatable bonds is 0. The summed E-state index contributed by atoms with van der Waals surface area (Å²) in [6.07, 6.45) is 0. The van der Waals surface area contributed by atoms with Crippen molar-refractivity contribution in [1.29, 1.82) is 0 Å². The molecule has 3 aromatic carbocycles. The van der Waals surface area contributed by atoms with E-state index in [1.807, 2.05) is 42.5 Å². The third-order valence-corrected chi connectivity index (χ3v) is 4.32. The van der Waals surface area contributed by atoms with Gasteiger partial charge in [0.15, 0.2) is 5.78 Å². The van der Waals surface area contributed by atoms with E-state index in [2.05, 4.69) is 28.1 Å². The van der Waals surface area contributed by atoms with E-state index in [0.29, 0.717) is 0 Å². The molecule has 0 unspecified atom stereocenters. The summed E-state index contributed by atoms with van der Waals surface area (Å²) in [7, 11) is 0. The summed E-state index contributed by atoms with van der Waals surface area (Å²) < 4.78 is 0.979. The fourth-order valence-corrected chi connectivity index (χ4v) is 3.35. The molecule has 0 fully saturated rings. The third-order valence-electron chi connectivity index (χ3n) is 3.66. The van der Waals surface area contributed by atoms with Crippen LogP contribution in [0.25, 0.3) is 21.9 Å². The number of ketones is 1.